The van der Waals surface area contributed by atoms with Gasteiger partial charge in [-0.05, 0) is 19.8 Å². The third kappa shape index (κ3) is 4.06. The van der Waals surface area contributed by atoms with Gasteiger partial charge in [-0.15, -0.1) is 0 Å². The predicted octanol–water partition coefficient (Wildman–Crippen LogP) is 0.323. The Kier molecular flexibility index (Phi) is 6.18. The number of carboxylic acid groups (broad SMARTS) is 2. The van der Waals surface area contributed by atoms with E-state index in [1.165, 1.54) is 6.92 Å². The molecule has 112 valence electrons. The monoisotopic (exact) mass is 303 g/mol. The van der Waals surface area contributed by atoms with Crippen molar-refractivity contribution in [1.29, 1.82) is 0 Å². The van der Waals surface area contributed by atoms with Gasteiger partial charge in [0.2, 0.25) is 0 Å². The Bertz CT molecular complexity index is 445. The summed E-state index contributed by atoms with van der Waals surface area (Å²) in [5.74, 6) is -3.62. The van der Waals surface area contributed by atoms with Gasteiger partial charge in [0.25, 0.3) is 0 Å². The fourth-order valence-corrected chi connectivity index (χ4v) is 3.13. The van der Waals surface area contributed by atoms with E-state index in [9.17, 15) is 14.7 Å². The maximum Gasteiger partial charge on any atom is 0.355 e. The summed E-state index contributed by atoms with van der Waals surface area (Å²) in [7, 11) is 0. The Morgan fingerprint density at radius 2 is 2.10 bits per heavy atom. The second kappa shape index (κ2) is 7.41. The average molecular weight is 303 g/mol. The zero-order valence-corrected chi connectivity index (χ0v) is 11.7. The average Bonchev–Trinajstić information content (AvgIpc) is 2.72. The van der Waals surface area contributed by atoms with Gasteiger partial charge in [-0.3, -0.25) is 9.79 Å². The smallest absolute Gasteiger partial charge is 0.355 e. The van der Waals surface area contributed by atoms with Crippen LogP contribution in [0.5, 0.6) is 0 Å². The van der Waals surface area contributed by atoms with Crippen molar-refractivity contribution < 1.29 is 30.0 Å². The van der Waals surface area contributed by atoms with Crippen molar-refractivity contribution in [3.05, 3.63) is 11.0 Å². The van der Waals surface area contributed by atoms with Gasteiger partial charge in [0.05, 0.1) is 6.10 Å². The molecule has 0 bridgehead atoms. The van der Waals surface area contributed by atoms with Crippen LogP contribution in [0, 0.1) is 5.92 Å². The summed E-state index contributed by atoms with van der Waals surface area (Å²) in [4.78, 5) is 26.5. The normalized spacial score (nSPS) is 23.4. The Hall–Kier alpha value is -1.38. The quantitative estimate of drug-likeness (QED) is 0.499. The molecule has 20 heavy (non-hydrogen) atoms. The minimum Gasteiger partial charge on any atom is -0.481 e. The van der Waals surface area contributed by atoms with Crippen LogP contribution in [0.2, 0.25) is 0 Å². The third-order valence-corrected chi connectivity index (χ3v) is 4.00. The van der Waals surface area contributed by atoms with Crippen LogP contribution < -0.4 is 0 Å². The minimum absolute atomic E-state index is 0.0111. The SMILES string of the molecule is C[C@@H](O)[C@@H](C(=O)O)[C@@H]1N=C(C(=O)O)/C(=C\CCCO)S1. The number of aliphatic hydroxyl groups is 2. The first-order valence-corrected chi connectivity index (χ1v) is 6.96. The number of carboxylic acids is 2. The van der Waals surface area contributed by atoms with Gasteiger partial charge in [-0.2, -0.15) is 0 Å². The van der Waals surface area contributed by atoms with Crippen molar-refractivity contribution in [2.45, 2.75) is 31.2 Å². The predicted molar refractivity (Wildman–Crippen MR) is 73.7 cm³/mol. The molecule has 0 amide bonds. The fourth-order valence-electron chi connectivity index (χ4n) is 1.75. The van der Waals surface area contributed by atoms with E-state index in [0.29, 0.717) is 17.7 Å². The molecule has 1 heterocycles. The first kappa shape index (κ1) is 16.7. The molecule has 7 nitrogen and oxygen atoms in total. The second-order valence-corrected chi connectivity index (χ2v) is 5.49. The van der Waals surface area contributed by atoms with Crippen LogP contribution in [0.1, 0.15) is 19.8 Å². The van der Waals surface area contributed by atoms with Gasteiger partial charge in [0, 0.05) is 11.5 Å². The number of hydrogen-bond donors (Lipinski definition) is 4. The van der Waals surface area contributed by atoms with Crippen LogP contribution in [0.15, 0.2) is 16.0 Å². The molecule has 8 heteroatoms. The molecule has 1 aliphatic heterocycles. The van der Waals surface area contributed by atoms with Crippen molar-refractivity contribution >= 4 is 29.4 Å². The van der Waals surface area contributed by atoms with E-state index in [-0.39, 0.29) is 12.3 Å². The molecule has 1 rings (SSSR count). The van der Waals surface area contributed by atoms with Crippen LogP contribution in [-0.4, -0.2) is 56.2 Å². The van der Waals surface area contributed by atoms with Crippen LogP contribution in [0.4, 0.5) is 0 Å². The van der Waals surface area contributed by atoms with Crippen LogP contribution in [-0.2, 0) is 9.59 Å². The summed E-state index contributed by atoms with van der Waals surface area (Å²) >= 11 is 1.02. The summed E-state index contributed by atoms with van der Waals surface area (Å²) in [5.41, 5.74) is -0.190. The maximum atomic E-state index is 11.1. The molecule has 0 unspecified atom stereocenters. The number of nitrogens with zero attached hydrogens (tertiary/aromatic N) is 1. The van der Waals surface area contributed by atoms with E-state index >= 15 is 0 Å². The van der Waals surface area contributed by atoms with Gasteiger partial charge < -0.3 is 20.4 Å². The summed E-state index contributed by atoms with van der Waals surface area (Å²) in [5, 5.41) is 35.5. The minimum atomic E-state index is -1.23. The standard InChI is InChI=1S/C12H17NO6S/c1-6(15)8(11(16)17)10-13-9(12(18)19)7(20-10)4-2-3-5-14/h4,6,8,10,14-15H,2-3,5H2,1H3,(H,16,17)(H,18,19)/b7-4+/t6-,8-,10-/m1/s1. The first-order chi connectivity index (χ1) is 9.38. The third-order valence-electron chi connectivity index (χ3n) is 2.74. The number of aliphatic carboxylic acids is 2. The number of aliphatic imine (C=N–C) groups is 1. The lowest BCUT2D eigenvalue weighted by Gasteiger charge is -2.18. The molecule has 0 saturated heterocycles. The Morgan fingerprint density at radius 1 is 1.45 bits per heavy atom. The van der Waals surface area contributed by atoms with Gasteiger partial charge >= 0.3 is 11.9 Å². The summed E-state index contributed by atoms with van der Waals surface area (Å²) in [6, 6.07) is 0. The van der Waals surface area contributed by atoms with Gasteiger partial charge in [-0.1, -0.05) is 17.8 Å². The van der Waals surface area contributed by atoms with Crippen LogP contribution in [0.3, 0.4) is 0 Å². The van der Waals surface area contributed by atoms with Crippen molar-refractivity contribution in [3.8, 4) is 0 Å². The van der Waals surface area contributed by atoms with E-state index in [1.807, 2.05) is 0 Å². The van der Waals surface area contributed by atoms with E-state index < -0.39 is 29.3 Å². The number of unbranched alkanes of at least 4 members (excludes halogenated alkanes) is 1. The molecule has 0 spiro atoms. The molecule has 0 aromatic rings. The van der Waals surface area contributed by atoms with Crippen molar-refractivity contribution in [2.75, 3.05) is 6.61 Å². The van der Waals surface area contributed by atoms with E-state index in [4.69, 9.17) is 15.3 Å². The molecular weight excluding hydrogens is 286 g/mol. The molecule has 1 aliphatic rings. The van der Waals surface area contributed by atoms with Crippen LogP contribution >= 0.6 is 11.8 Å². The first-order valence-electron chi connectivity index (χ1n) is 6.08. The number of carbonyl (C=O) groups is 2. The highest BCUT2D eigenvalue weighted by atomic mass is 32.2. The Labute approximate surface area is 120 Å². The Balaban J connectivity index is 2.96. The lowest BCUT2D eigenvalue weighted by Crippen LogP contribution is -2.33. The second-order valence-electron chi connectivity index (χ2n) is 4.33. The van der Waals surface area contributed by atoms with Crippen molar-refractivity contribution in [2.24, 2.45) is 10.9 Å². The molecule has 0 aromatic carbocycles. The number of aliphatic hydroxyl groups excluding tert-OH is 2. The topological polar surface area (TPSA) is 127 Å². The van der Waals surface area contributed by atoms with E-state index in [2.05, 4.69) is 4.99 Å². The number of thioether (sulfide) groups is 1. The molecule has 0 fully saturated rings. The van der Waals surface area contributed by atoms with Crippen LogP contribution in [0.25, 0.3) is 0 Å². The maximum absolute atomic E-state index is 11.1. The zero-order valence-electron chi connectivity index (χ0n) is 10.9. The molecule has 0 saturated carbocycles. The lowest BCUT2D eigenvalue weighted by molar-refractivity contribution is -0.145. The summed E-state index contributed by atoms with van der Waals surface area (Å²) in [6.07, 6.45) is 1.44. The number of hydrogen-bond acceptors (Lipinski definition) is 6. The lowest BCUT2D eigenvalue weighted by atomic mass is 10.0. The zero-order chi connectivity index (χ0) is 15.3. The highest BCUT2D eigenvalue weighted by Crippen LogP contribution is 2.37. The Morgan fingerprint density at radius 3 is 2.55 bits per heavy atom. The largest absolute Gasteiger partial charge is 0.481 e. The number of rotatable bonds is 7. The van der Waals surface area contributed by atoms with Crippen molar-refractivity contribution in [1.82, 2.24) is 0 Å². The molecular formula is C12H17NO6S. The number of allylic oxidation sites excluding steroid dienone is 1. The fraction of sp³-hybridized carbons (Fsp3) is 0.583. The van der Waals surface area contributed by atoms with Crippen molar-refractivity contribution in [3.63, 3.8) is 0 Å². The molecule has 0 aromatic heterocycles. The summed E-state index contributed by atoms with van der Waals surface area (Å²) in [6.45, 7) is 1.33. The molecule has 3 atom stereocenters. The van der Waals surface area contributed by atoms with Gasteiger partial charge in [0.15, 0.2) is 5.71 Å². The molecule has 0 aliphatic carbocycles. The molecule has 4 N–H and O–H groups in total. The molecule has 0 radical (unpaired) electrons. The highest BCUT2D eigenvalue weighted by molar-refractivity contribution is 8.05. The van der Waals surface area contributed by atoms with E-state index in [0.717, 1.165) is 11.8 Å². The highest BCUT2D eigenvalue weighted by Gasteiger charge is 2.39. The van der Waals surface area contributed by atoms with Gasteiger partial charge in [-0.25, -0.2) is 4.79 Å². The van der Waals surface area contributed by atoms with E-state index in [1.54, 1.807) is 6.08 Å². The summed E-state index contributed by atoms with van der Waals surface area (Å²) < 4.78 is 0. The van der Waals surface area contributed by atoms with Gasteiger partial charge in [0.1, 0.15) is 11.3 Å².